The van der Waals surface area contributed by atoms with Gasteiger partial charge in [-0.25, -0.2) is 8.42 Å². The fraction of sp³-hybridized carbons (Fsp3) is 0.316. The summed E-state index contributed by atoms with van der Waals surface area (Å²) in [5.41, 5.74) is 0.459. The van der Waals surface area contributed by atoms with Crippen LogP contribution >= 0.6 is 23.2 Å². The molecule has 2 aromatic carbocycles. The zero-order valence-corrected chi connectivity index (χ0v) is 18.1. The second-order valence-electron chi connectivity index (χ2n) is 5.94. The Labute approximate surface area is 175 Å². The highest BCUT2D eigenvalue weighted by Gasteiger charge is 2.22. The standard InChI is InChI=1S/C19H22Cl2N2O4S/c1-4-23(5-2)28(25,26)16-9-7-15(8-10-16)22-19(24)13(3)27-18-11-6-14(20)12-17(18)21/h6-13H,4-5H2,1-3H3,(H,22,24)/t13-/m1/s1. The number of carbonyl (C=O) groups is 1. The molecule has 0 spiro atoms. The average molecular weight is 445 g/mol. The third-order valence-corrected chi connectivity index (χ3v) is 6.63. The molecule has 2 aromatic rings. The predicted molar refractivity (Wildman–Crippen MR) is 112 cm³/mol. The first-order valence-corrected chi connectivity index (χ1v) is 10.9. The molecule has 0 radical (unpaired) electrons. The Morgan fingerprint density at radius 2 is 1.71 bits per heavy atom. The Bertz CT molecular complexity index is 929. The first-order valence-electron chi connectivity index (χ1n) is 8.71. The fourth-order valence-electron chi connectivity index (χ4n) is 2.48. The molecule has 6 nitrogen and oxygen atoms in total. The van der Waals surface area contributed by atoms with Crippen LogP contribution in [-0.4, -0.2) is 37.8 Å². The van der Waals surface area contributed by atoms with Gasteiger partial charge in [-0.3, -0.25) is 4.79 Å². The van der Waals surface area contributed by atoms with Crippen molar-refractivity contribution in [3.8, 4) is 5.75 Å². The summed E-state index contributed by atoms with van der Waals surface area (Å²) in [6.07, 6.45) is -0.822. The zero-order valence-electron chi connectivity index (χ0n) is 15.8. The SMILES string of the molecule is CCN(CC)S(=O)(=O)c1ccc(NC(=O)[C@@H](C)Oc2ccc(Cl)cc2Cl)cc1. The molecular formula is C19H22Cl2N2O4S. The second-order valence-corrected chi connectivity index (χ2v) is 8.72. The molecule has 152 valence electrons. The number of rotatable bonds is 8. The first-order chi connectivity index (χ1) is 13.2. The van der Waals surface area contributed by atoms with Crippen LogP contribution in [0.4, 0.5) is 5.69 Å². The van der Waals surface area contributed by atoms with Gasteiger partial charge in [0.2, 0.25) is 10.0 Å². The van der Waals surface area contributed by atoms with Crippen LogP contribution in [0.3, 0.4) is 0 Å². The van der Waals surface area contributed by atoms with E-state index >= 15 is 0 Å². The highest BCUT2D eigenvalue weighted by Crippen LogP contribution is 2.28. The highest BCUT2D eigenvalue weighted by atomic mass is 35.5. The summed E-state index contributed by atoms with van der Waals surface area (Å²) in [7, 11) is -3.54. The largest absolute Gasteiger partial charge is 0.479 e. The summed E-state index contributed by atoms with van der Waals surface area (Å²) >= 11 is 11.9. The number of ether oxygens (including phenoxy) is 1. The van der Waals surface area contributed by atoms with Crippen LogP contribution in [0.15, 0.2) is 47.4 Å². The van der Waals surface area contributed by atoms with E-state index < -0.39 is 22.0 Å². The molecule has 28 heavy (non-hydrogen) atoms. The molecule has 1 amide bonds. The number of sulfonamides is 1. The quantitative estimate of drug-likeness (QED) is 0.652. The topological polar surface area (TPSA) is 75.7 Å². The minimum atomic E-state index is -3.54. The molecule has 0 aliphatic heterocycles. The molecule has 1 atom stereocenters. The van der Waals surface area contributed by atoms with Gasteiger partial charge in [0.05, 0.1) is 9.92 Å². The van der Waals surface area contributed by atoms with Crippen molar-refractivity contribution in [2.75, 3.05) is 18.4 Å². The molecule has 0 saturated heterocycles. The van der Waals surface area contributed by atoms with Crippen LogP contribution in [0.1, 0.15) is 20.8 Å². The molecule has 1 N–H and O–H groups in total. The molecule has 0 heterocycles. The van der Waals surface area contributed by atoms with Gasteiger partial charge in [-0.2, -0.15) is 4.31 Å². The van der Waals surface area contributed by atoms with Crippen molar-refractivity contribution in [1.29, 1.82) is 0 Å². The zero-order chi connectivity index (χ0) is 20.9. The van der Waals surface area contributed by atoms with Crippen LogP contribution in [-0.2, 0) is 14.8 Å². The summed E-state index contributed by atoms with van der Waals surface area (Å²) in [6.45, 7) is 5.92. The van der Waals surface area contributed by atoms with Crippen molar-refractivity contribution >= 4 is 44.8 Å². The normalized spacial score (nSPS) is 12.6. The van der Waals surface area contributed by atoms with Crippen LogP contribution in [0, 0.1) is 0 Å². The number of hydrogen-bond donors (Lipinski definition) is 1. The summed E-state index contributed by atoms with van der Waals surface area (Å²) in [5.74, 6) is -0.0558. The maximum atomic E-state index is 12.5. The first kappa shape index (κ1) is 22.5. The van der Waals surface area contributed by atoms with Gasteiger partial charge in [0.1, 0.15) is 5.75 Å². The van der Waals surface area contributed by atoms with Crippen LogP contribution in [0.25, 0.3) is 0 Å². The van der Waals surface area contributed by atoms with E-state index in [1.807, 2.05) is 0 Å². The van der Waals surface area contributed by atoms with Crippen molar-refractivity contribution in [3.63, 3.8) is 0 Å². The average Bonchev–Trinajstić information content (AvgIpc) is 2.65. The molecule has 0 saturated carbocycles. The van der Waals surface area contributed by atoms with Crippen molar-refractivity contribution in [3.05, 3.63) is 52.5 Å². The number of nitrogens with zero attached hydrogens (tertiary/aromatic N) is 1. The van der Waals surface area contributed by atoms with Gasteiger partial charge < -0.3 is 10.1 Å². The number of amides is 1. The van der Waals surface area contributed by atoms with Gasteiger partial charge >= 0.3 is 0 Å². The van der Waals surface area contributed by atoms with Gasteiger partial charge in [-0.15, -0.1) is 0 Å². The lowest BCUT2D eigenvalue weighted by molar-refractivity contribution is -0.122. The number of halogens is 2. The van der Waals surface area contributed by atoms with E-state index in [0.717, 1.165) is 0 Å². The molecule has 0 fully saturated rings. The lowest BCUT2D eigenvalue weighted by Gasteiger charge is -2.19. The lowest BCUT2D eigenvalue weighted by Crippen LogP contribution is -2.31. The van der Waals surface area contributed by atoms with E-state index in [-0.39, 0.29) is 4.90 Å². The fourth-order valence-corrected chi connectivity index (χ4v) is 4.39. The van der Waals surface area contributed by atoms with Gasteiger partial charge in [0.15, 0.2) is 6.10 Å². The Morgan fingerprint density at radius 1 is 1.11 bits per heavy atom. The third kappa shape index (κ3) is 5.38. The van der Waals surface area contributed by atoms with Crippen molar-refractivity contribution in [2.24, 2.45) is 0 Å². The van der Waals surface area contributed by atoms with Crippen molar-refractivity contribution in [2.45, 2.75) is 31.8 Å². The van der Waals surface area contributed by atoms with E-state index in [9.17, 15) is 13.2 Å². The van der Waals surface area contributed by atoms with Gasteiger partial charge in [0.25, 0.3) is 5.91 Å². The van der Waals surface area contributed by atoms with Crippen LogP contribution in [0.2, 0.25) is 10.0 Å². The summed E-state index contributed by atoms with van der Waals surface area (Å²) in [4.78, 5) is 12.5. The van der Waals surface area contributed by atoms with Crippen LogP contribution < -0.4 is 10.1 Å². The van der Waals surface area contributed by atoms with E-state index in [4.69, 9.17) is 27.9 Å². The third-order valence-electron chi connectivity index (χ3n) is 4.03. The van der Waals surface area contributed by atoms with Crippen LogP contribution in [0.5, 0.6) is 5.75 Å². The smallest absolute Gasteiger partial charge is 0.265 e. The molecule has 2 rings (SSSR count). The molecule has 0 unspecified atom stereocenters. The van der Waals surface area contributed by atoms with E-state index in [2.05, 4.69) is 5.32 Å². The van der Waals surface area contributed by atoms with E-state index in [1.165, 1.54) is 34.6 Å². The van der Waals surface area contributed by atoms with Gasteiger partial charge in [-0.1, -0.05) is 37.0 Å². The molecule has 0 aliphatic carbocycles. The Balaban J connectivity index is 2.06. The minimum Gasteiger partial charge on any atom is -0.479 e. The van der Waals surface area contributed by atoms with Gasteiger partial charge in [0, 0.05) is 23.8 Å². The number of carbonyl (C=O) groups excluding carboxylic acids is 1. The van der Waals surface area contributed by atoms with Gasteiger partial charge in [-0.05, 0) is 49.4 Å². The van der Waals surface area contributed by atoms with Crippen molar-refractivity contribution in [1.82, 2.24) is 4.31 Å². The molecular weight excluding hydrogens is 423 g/mol. The summed E-state index contributed by atoms with van der Waals surface area (Å²) in [6, 6.07) is 10.7. The lowest BCUT2D eigenvalue weighted by atomic mass is 10.3. The predicted octanol–water partition coefficient (Wildman–Crippen LogP) is 4.43. The summed E-state index contributed by atoms with van der Waals surface area (Å²) in [5, 5.41) is 3.46. The number of nitrogens with one attached hydrogen (secondary N) is 1. The minimum absolute atomic E-state index is 0.173. The number of benzene rings is 2. The molecule has 0 aliphatic rings. The molecule has 9 heteroatoms. The Morgan fingerprint density at radius 3 is 2.25 bits per heavy atom. The van der Waals surface area contributed by atoms with Crippen molar-refractivity contribution < 1.29 is 17.9 Å². The monoisotopic (exact) mass is 444 g/mol. The Hall–Kier alpha value is -1.80. The maximum Gasteiger partial charge on any atom is 0.265 e. The van der Waals surface area contributed by atoms with E-state index in [0.29, 0.717) is 34.6 Å². The highest BCUT2D eigenvalue weighted by molar-refractivity contribution is 7.89. The molecule has 0 bridgehead atoms. The molecule has 0 aromatic heterocycles. The maximum absolute atomic E-state index is 12.5. The number of anilines is 1. The second kappa shape index (κ2) is 9.60. The Kier molecular flexibility index (Phi) is 7.71. The summed E-state index contributed by atoms with van der Waals surface area (Å²) < 4.78 is 31.9. The number of hydrogen-bond acceptors (Lipinski definition) is 4. The van der Waals surface area contributed by atoms with E-state index in [1.54, 1.807) is 32.9 Å².